The molecule has 0 amide bonds. The zero-order valence-corrected chi connectivity index (χ0v) is 12.0. The molecule has 0 aliphatic carbocycles. The summed E-state index contributed by atoms with van der Waals surface area (Å²) in [6.07, 6.45) is 0.00791. The Bertz CT molecular complexity index is 622. The van der Waals surface area contributed by atoms with Gasteiger partial charge in [-0.25, -0.2) is 0 Å². The molecule has 9 heteroatoms. The van der Waals surface area contributed by atoms with Gasteiger partial charge in [-0.15, -0.1) is 0 Å². The van der Waals surface area contributed by atoms with E-state index >= 15 is 0 Å². The normalized spacial score (nSPS) is 25.0. The smallest absolute Gasteiger partial charge is 0.299 e. The highest BCUT2D eigenvalue weighted by atomic mass is 16.6. The van der Waals surface area contributed by atoms with Crippen LogP contribution in [0, 0.1) is 20.2 Å². The summed E-state index contributed by atoms with van der Waals surface area (Å²) < 4.78 is 5.72. The molecule has 2 atom stereocenters. The summed E-state index contributed by atoms with van der Waals surface area (Å²) in [7, 11) is 2.01. The van der Waals surface area contributed by atoms with E-state index in [-0.39, 0.29) is 23.5 Å². The average molecular weight is 308 g/mol. The minimum Gasteiger partial charge on any atom is -0.373 e. The molecule has 2 unspecified atom stereocenters. The number of hydrogen-bond donors (Lipinski definition) is 0. The van der Waals surface area contributed by atoms with Crippen molar-refractivity contribution in [2.45, 2.75) is 12.1 Å². The van der Waals surface area contributed by atoms with E-state index in [4.69, 9.17) is 4.74 Å². The Hall–Kier alpha value is -2.26. The van der Waals surface area contributed by atoms with Crippen molar-refractivity contribution in [3.8, 4) is 0 Å². The van der Waals surface area contributed by atoms with Crippen LogP contribution in [0.4, 0.5) is 17.1 Å². The van der Waals surface area contributed by atoms with Crippen LogP contribution in [0.25, 0.3) is 0 Å². The average Bonchev–Trinajstić information content (AvgIpc) is 2.92. The maximum atomic E-state index is 11.2. The molecule has 2 saturated heterocycles. The fourth-order valence-electron chi connectivity index (χ4n) is 3.09. The van der Waals surface area contributed by atoms with E-state index in [1.54, 1.807) is 0 Å². The Morgan fingerprint density at radius 2 is 2.00 bits per heavy atom. The van der Waals surface area contributed by atoms with Gasteiger partial charge in [-0.05, 0) is 13.1 Å². The number of hydrogen-bond acceptors (Lipinski definition) is 7. The van der Waals surface area contributed by atoms with Crippen molar-refractivity contribution in [2.75, 3.05) is 38.2 Å². The topological polar surface area (TPSA) is 102 Å². The number of nitro groups is 2. The highest BCUT2D eigenvalue weighted by Gasteiger charge is 2.40. The van der Waals surface area contributed by atoms with E-state index in [1.165, 1.54) is 12.1 Å². The van der Waals surface area contributed by atoms with Crippen molar-refractivity contribution < 1.29 is 14.6 Å². The van der Waals surface area contributed by atoms with Crippen molar-refractivity contribution in [1.29, 1.82) is 0 Å². The third-order valence-electron chi connectivity index (χ3n) is 4.29. The lowest BCUT2D eigenvalue weighted by Gasteiger charge is -2.33. The SMILES string of the molecule is CN1CCOC2CN(c3ccc([N+](=O)[O-])cc3[N+](=O)[O-])CC21. The Morgan fingerprint density at radius 1 is 1.23 bits per heavy atom. The Kier molecular flexibility index (Phi) is 3.67. The number of likely N-dealkylation sites (N-methyl/N-ethyl adjacent to an activating group) is 1. The molecule has 3 rings (SSSR count). The molecule has 0 saturated carbocycles. The molecule has 1 aromatic carbocycles. The van der Waals surface area contributed by atoms with E-state index in [1.807, 2.05) is 11.9 Å². The van der Waals surface area contributed by atoms with Gasteiger partial charge in [0.05, 0.1) is 34.7 Å². The van der Waals surface area contributed by atoms with Gasteiger partial charge in [0, 0.05) is 25.7 Å². The lowest BCUT2D eigenvalue weighted by molar-refractivity contribution is -0.393. The zero-order valence-electron chi connectivity index (χ0n) is 12.0. The van der Waals surface area contributed by atoms with Gasteiger partial charge in [-0.2, -0.15) is 0 Å². The minimum absolute atomic E-state index is 0.00791. The lowest BCUT2D eigenvalue weighted by atomic mass is 10.1. The third kappa shape index (κ3) is 2.48. The fourth-order valence-corrected chi connectivity index (χ4v) is 3.09. The molecule has 9 nitrogen and oxygen atoms in total. The maximum Gasteiger partial charge on any atom is 0.299 e. The molecule has 2 aliphatic heterocycles. The summed E-state index contributed by atoms with van der Waals surface area (Å²) in [6, 6.07) is 3.95. The first kappa shape index (κ1) is 14.7. The monoisotopic (exact) mass is 308 g/mol. The first-order valence-corrected chi connectivity index (χ1v) is 6.97. The Labute approximate surface area is 126 Å². The molecule has 0 radical (unpaired) electrons. The van der Waals surface area contributed by atoms with Gasteiger partial charge < -0.3 is 9.64 Å². The summed E-state index contributed by atoms with van der Waals surface area (Å²) in [5.41, 5.74) is -0.113. The number of nitro benzene ring substituents is 2. The second-order valence-corrected chi connectivity index (χ2v) is 5.55. The number of nitrogens with zero attached hydrogens (tertiary/aromatic N) is 4. The predicted molar refractivity (Wildman–Crippen MR) is 78.1 cm³/mol. The summed E-state index contributed by atoms with van der Waals surface area (Å²) in [6.45, 7) is 2.64. The molecule has 0 bridgehead atoms. The number of morpholine rings is 1. The molecule has 0 aromatic heterocycles. The van der Waals surface area contributed by atoms with Gasteiger partial charge in [-0.3, -0.25) is 25.1 Å². The quantitative estimate of drug-likeness (QED) is 0.606. The molecule has 2 aliphatic rings. The summed E-state index contributed by atoms with van der Waals surface area (Å²) in [4.78, 5) is 24.9. The van der Waals surface area contributed by atoms with Crippen molar-refractivity contribution in [2.24, 2.45) is 0 Å². The number of fused-ring (bicyclic) bond motifs is 1. The van der Waals surface area contributed by atoms with Crippen LogP contribution >= 0.6 is 0 Å². The first-order valence-electron chi connectivity index (χ1n) is 6.97. The third-order valence-corrected chi connectivity index (χ3v) is 4.29. The molecule has 2 heterocycles. The number of anilines is 1. The Morgan fingerprint density at radius 3 is 2.64 bits per heavy atom. The van der Waals surface area contributed by atoms with Crippen LogP contribution in [0.5, 0.6) is 0 Å². The highest BCUT2D eigenvalue weighted by Crippen LogP contribution is 2.35. The number of ether oxygens (including phenoxy) is 1. The van der Waals surface area contributed by atoms with E-state index in [0.29, 0.717) is 25.4 Å². The number of benzene rings is 1. The van der Waals surface area contributed by atoms with E-state index in [2.05, 4.69) is 4.90 Å². The van der Waals surface area contributed by atoms with Gasteiger partial charge in [0.25, 0.3) is 11.4 Å². The molecule has 118 valence electrons. The van der Waals surface area contributed by atoms with Gasteiger partial charge in [0.15, 0.2) is 0 Å². The molecular formula is C13H16N4O5. The number of rotatable bonds is 3. The molecule has 0 spiro atoms. The van der Waals surface area contributed by atoms with Gasteiger partial charge in [-0.1, -0.05) is 0 Å². The summed E-state index contributed by atoms with van der Waals surface area (Å²) >= 11 is 0. The second-order valence-electron chi connectivity index (χ2n) is 5.55. The summed E-state index contributed by atoms with van der Waals surface area (Å²) in [5, 5.41) is 22.0. The van der Waals surface area contributed by atoms with Crippen molar-refractivity contribution in [3.63, 3.8) is 0 Å². The van der Waals surface area contributed by atoms with Gasteiger partial charge >= 0.3 is 0 Å². The molecule has 22 heavy (non-hydrogen) atoms. The van der Waals surface area contributed by atoms with Crippen LogP contribution in [0.1, 0.15) is 0 Å². The molecular weight excluding hydrogens is 292 g/mol. The molecule has 2 fully saturated rings. The molecule has 0 N–H and O–H groups in total. The largest absolute Gasteiger partial charge is 0.373 e. The van der Waals surface area contributed by atoms with Crippen LogP contribution in [0.2, 0.25) is 0 Å². The van der Waals surface area contributed by atoms with Crippen molar-refractivity contribution in [3.05, 3.63) is 38.4 Å². The zero-order chi connectivity index (χ0) is 15.9. The van der Waals surface area contributed by atoms with E-state index < -0.39 is 9.85 Å². The first-order chi connectivity index (χ1) is 10.5. The van der Waals surface area contributed by atoms with E-state index in [9.17, 15) is 20.2 Å². The van der Waals surface area contributed by atoms with Crippen LogP contribution in [-0.4, -0.2) is 60.2 Å². The predicted octanol–water partition coefficient (Wildman–Crippen LogP) is 1.02. The van der Waals surface area contributed by atoms with Gasteiger partial charge in [0.1, 0.15) is 5.69 Å². The van der Waals surface area contributed by atoms with Crippen LogP contribution in [0.15, 0.2) is 18.2 Å². The van der Waals surface area contributed by atoms with Crippen molar-refractivity contribution >= 4 is 17.1 Å². The summed E-state index contributed by atoms with van der Waals surface area (Å²) in [5.74, 6) is 0. The minimum atomic E-state index is -0.628. The van der Waals surface area contributed by atoms with Crippen LogP contribution < -0.4 is 4.90 Å². The van der Waals surface area contributed by atoms with Crippen LogP contribution in [0.3, 0.4) is 0 Å². The van der Waals surface area contributed by atoms with E-state index in [0.717, 1.165) is 12.6 Å². The fraction of sp³-hybridized carbons (Fsp3) is 0.538. The maximum absolute atomic E-state index is 11.2. The lowest BCUT2D eigenvalue weighted by Crippen LogP contribution is -2.48. The standard InChI is InChI=1S/C13H16N4O5/c1-14-4-5-22-13-8-15(7-12(13)14)10-3-2-9(16(18)19)6-11(10)17(20)21/h2-3,6,12-13H,4-5,7-8H2,1H3. The number of non-ortho nitro benzene ring substituents is 1. The second kappa shape index (κ2) is 5.50. The Balaban J connectivity index is 1.92. The molecule has 1 aromatic rings. The van der Waals surface area contributed by atoms with Crippen molar-refractivity contribution in [1.82, 2.24) is 4.90 Å². The van der Waals surface area contributed by atoms with Crippen LogP contribution in [-0.2, 0) is 4.74 Å². The van der Waals surface area contributed by atoms with Gasteiger partial charge in [0.2, 0.25) is 0 Å². The highest BCUT2D eigenvalue weighted by molar-refractivity contribution is 5.67.